The molecule has 1 amide bonds. The Labute approximate surface area is 155 Å². The Balaban J connectivity index is 1.89. The second-order valence-electron chi connectivity index (χ2n) is 6.49. The quantitative estimate of drug-likeness (QED) is 0.833. The topological polar surface area (TPSA) is 32.3 Å². The molecule has 2 atom stereocenters. The van der Waals surface area contributed by atoms with Crippen molar-refractivity contribution in [3.63, 3.8) is 0 Å². The molecule has 0 radical (unpaired) electrons. The molecule has 2 aromatic rings. The van der Waals surface area contributed by atoms with E-state index in [1.54, 1.807) is 0 Å². The minimum Gasteiger partial charge on any atom is -0.345 e. The summed E-state index contributed by atoms with van der Waals surface area (Å²) in [5.41, 5.74) is 3.40. The molecule has 0 spiro atoms. The SMILES string of the molecule is CCN(CC)CCC1C(=O)NC(c2ccc(Cl)cc2)c2ccccc21. The number of nitrogens with zero attached hydrogens (tertiary/aromatic N) is 1. The zero-order valence-corrected chi connectivity index (χ0v) is 15.6. The summed E-state index contributed by atoms with van der Waals surface area (Å²) < 4.78 is 0. The van der Waals surface area contributed by atoms with Crippen molar-refractivity contribution in [1.82, 2.24) is 10.2 Å². The van der Waals surface area contributed by atoms with Crippen molar-refractivity contribution in [2.75, 3.05) is 19.6 Å². The van der Waals surface area contributed by atoms with Crippen LogP contribution >= 0.6 is 11.6 Å². The summed E-state index contributed by atoms with van der Waals surface area (Å²) in [7, 11) is 0. The third-order valence-corrected chi connectivity index (χ3v) is 5.37. The van der Waals surface area contributed by atoms with E-state index in [1.165, 1.54) is 5.56 Å². The van der Waals surface area contributed by atoms with E-state index in [9.17, 15) is 4.79 Å². The zero-order valence-electron chi connectivity index (χ0n) is 14.8. The fraction of sp³-hybridized carbons (Fsp3) is 0.381. The minimum atomic E-state index is -0.106. The van der Waals surface area contributed by atoms with Gasteiger partial charge in [0.15, 0.2) is 0 Å². The second kappa shape index (κ2) is 8.03. The van der Waals surface area contributed by atoms with Gasteiger partial charge in [-0.05, 0) is 54.9 Å². The second-order valence-corrected chi connectivity index (χ2v) is 6.93. The third kappa shape index (κ3) is 3.88. The van der Waals surface area contributed by atoms with E-state index in [0.29, 0.717) is 5.02 Å². The fourth-order valence-corrected chi connectivity index (χ4v) is 3.74. The lowest BCUT2D eigenvalue weighted by Gasteiger charge is -2.33. The van der Waals surface area contributed by atoms with E-state index in [-0.39, 0.29) is 17.9 Å². The standard InChI is InChI=1S/C21H25ClN2O/c1-3-24(4-2)14-13-19-17-7-5-6-8-18(17)20(23-21(19)25)15-9-11-16(22)12-10-15/h5-12,19-20H,3-4,13-14H2,1-2H3,(H,23,25). The van der Waals surface area contributed by atoms with Gasteiger partial charge in [0.2, 0.25) is 5.91 Å². The summed E-state index contributed by atoms with van der Waals surface area (Å²) in [5.74, 6) is 0.0335. The highest BCUT2D eigenvalue weighted by molar-refractivity contribution is 6.30. The monoisotopic (exact) mass is 356 g/mol. The Bertz CT molecular complexity index is 725. The van der Waals surface area contributed by atoms with Crippen LogP contribution in [0.25, 0.3) is 0 Å². The number of benzene rings is 2. The molecule has 0 aromatic heterocycles. The number of fused-ring (bicyclic) bond motifs is 1. The summed E-state index contributed by atoms with van der Waals surface area (Å²) in [5, 5.41) is 3.92. The number of nitrogens with one attached hydrogen (secondary N) is 1. The maximum atomic E-state index is 12.8. The average molecular weight is 357 g/mol. The molecular formula is C21H25ClN2O. The number of carbonyl (C=O) groups is 1. The summed E-state index contributed by atoms with van der Waals surface area (Å²) >= 11 is 6.01. The third-order valence-electron chi connectivity index (χ3n) is 5.12. The Morgan fingerprint density at radius 1 is 1.00 bits per heavy atom. The smallest absolute Gasteiger partial charge is 0.228 e. The van der Waals surface area contributed by atoms with Gasteiger partial charge in [0.1, 0.15) is 0 Å². The van der Waals surface area contributed by atoms with Gasteiger partial charge in [-0.15, -0.1) is 0 Å². The van der Waals surface area contributed by atoms with Crippen LogP contribution in [0.2, 0.25) is 5.02 Å². The Morgan fingerprint density at radius 3 is 2.28 bits per heavy atom. The Morgan fingerprint density at radius 2 is 1.64 bits per heavy atom. The lowest BCUT2D eigenvalue weighted by Crippen LogP contribution is -2.40. The fourth-order valence-electron chi connectivity index (χ4n) is 3.61. The van der Waals surface area contributed by atoms with Crippen molar-refractivity contribution in [2.24, 2.45) is 0 Å². The van der Waals surface area contributed by atoms with E-state index in [4.69, 9.17) is 11.6 Å². The highest BCUT2D eigenvalue weighted by Crippen LogP contribution is 2.36. The highest BCUT2D eigenvalue weighted by Gasteiger charge is 2.33. The van der Waals surface area contributed by atoms with Crippen molar-refractivity contribution in [3.05, 3.63) is 70.2 Å². The van der Waals surface area contributed by atoms with Crippen molar-refractivity contribution >= 4 is 17.5 Å². The van der Waals surface area contributed by atoms with Gasteiger partial charge in [-0.2, -0.15) is 0 Å². The normalized spacial score (nSPS) is 19.6. The summed E-state index contributed by atoms with van der Waals surface area (Å²) in [4.78, 5) is 15.2. The number of rotatable bonds is 6. The van der Waals surface area contributed by atoms with Crippen LogP contribution < -0.4 is 5.32 Å². The molecule has 1 heterocycles. The van der Waals surface area contributed by atoms with Crippen molar-refractivity contribution in [3.8, 4) is 0 Å². The Hall–Kier alpha value is -1.84. The van der Waals surface area contributed by atoms with E-state index in [1.807, 2.05) is 36.4 Å². The molecule has 1 N–H and O–H groups in total. The first-order chi connectivity index (χ1) is 12.1. The highest BCUT2D eigenvalue weighted by atomic mass is 35.5. The summed E-state index contributed by atoms with van der Waals surface area (Å²) in [6.07, 6.45) is 0.845. The van der Waals surface area contributed by atoms with Gasteiger partial charge in [0.05, 0.1) is 12.0 Å². The molecule has 2 aromatic carbocycles. The molecule has 0 saturated carbocycles. The molecule has 0 aliphatic carbocycles. The van der Waals surface area contributed by atoms with Gasteiger partial charge >= 0.3 is 0 Å². The number of hydrogen-bond acceptors (Lipinski definition) is 2. The van der Waals surface area contributed by atoms with Crippen LogP contribution in [0.3, 0.4) is 0 Å². The van der Waals surface area contributed by atoms with E-state index < -0.39 is 0 Å². The van der Waals surface area contributed by atoms with Crippen LogP contribution in [0, 0.1) is 0 Å². The molecule has 0 bridgehead atoms. The number of halogens is 1. The van der Waals surface area contributed by atoms with Gasteiger partial charge in [0, 0.05) is 5.02 Å². The lowest BCUT2D eigenvalue weighted by atomic mass is 9.82. The molecular weight excluding hydrogens is 332 g/mol. The first-order valence-electron chi connectivity index (χ1n) is 9.01. The number of carbonyl (C=O) groups excluding carboxylic acids is 1. The lowest BCUT2D eigenvalue weighted by molar-refractivity contribution is -0.124. The first-order valence-corrected chi connectivity index (χ1v) is 9.38. The molecule has 1 aliphatic rings. The molecule has 132 valence electrons. The minimum absolute atomic E-state index is 0.0830. The van der Waals surface area contributed by atoms with Gasteiger partial charge in [0.25, 0.3) is 0 Å². The average Bonchev–Trinajstić information content (AvgIpc) is 2.64. The molecule has 3 nitrogen and oxygen atoms in total. The van der Waals surface area contributed by atoms with Crippen molar-refractivity contribution in [1.29, 1.82) is 0 Å². The maximum Gasteiger partial charge on any atom is 0.228 e. The van der Waals surface area contributed by atoms with Gasteiger partial charge < -0.3 is 10.2 Å². The molecule has 3 rings (SSSR count). The van der Waals surface area contributed by atoms with Crippen LogP contribution in [0.5, 0.6) is 0 Å². The van der Waals surface area contributed by atoms with E-state index >= 15 is 0 Å². The number of hydrogen-bond donors (Lipinski definition) is 1. The molecule has 0 fully saturated rings. The largest absolute Gasteiger partial charge is 0.345 e. The van der Waals surface area contributed by atoms with Crippen LogP contribution in [-0.4, -0.2) is 30.4 Å². The zero-order chi connectivity index (χ0) is 17.8. The summed E-state index contributed by atoms with van der Waals surface area (Å²) in [6.45, 7) is 7.29. The van der Waals surface area contributed by atoms with Crippen LogP contribution in [0.15, 0.2) is 48.5 Å². The number of amides is 1. The van der Waals surface area contributed by atoms with Crippen LogP contribution in [-0.2, 0) is 4.79 Å². The Kier molecular flexibility index (Phi) is 5.77. The van der Waals surface area contributed by atoms with Crippen molar-refractivity contribution < 1.29 is 4.79 Å². The van der Waals surface area contributed by atoms with Crippen LogP contribution in [0.1, 0.15) is 48.9 Å². The first kappa shape index (κ1) is 18.0. The predicted molar refractivity (Wildman–Crippen MR) is 103 cm³/mol. The predicted octanol–water partition coefficient (Wildman–Crippen LogP) is 4.37. The van der Waals surface area contributed by atoms with Crippen LogP contribution in [0.4, 0.5) is 0 Å². The van der Waals surface area contributed by atoms with E-state index in [0.717, 1.165) is 37.2 Å². The van der Waals surface area contributed by atoms with Gasteiger partial charge in [-0.25, -0.2) is 0 Å². The molecule has 2 unspecified atom stereocenters. The molecule has 25 heavy (non-hydrogen) atoms. The maximum absolute atomic E-state index is 12.8. The summed E-state index contributed by atoms with van der Waals surface area (Å²) in [6, 6.07) is 15.9. The van der Waals surface area contributed by atoms with E-state index in [2.05, 4.69) is 36.2 Å². The van der Waals surface area contributed by atoms with Crippen molar-refractivity contribution in [2.45, 2.75) is 32.2 Å². The molecule has 1 aliphatic heterocycles. The molecule has 0 saturated heterocycles. The van der Waals surface area contributed by atoms with Gasteiger partial charge in [-0.1, -0.05) is 61.8 Å². The van der Waals surface area contributed by atoms with Gasteiger partial charge in [-0.3, -0.25) is 4.79 Å². The molecule has 4 heteroatoms.